The molecule has 3 aliphatic heterocycles. The molecule has 1 amide bonds. The molecule has 1 aromatic heterocycles. The Hall–Kier alpha value is -1.57. The molecule has 0 unspecified atom stereocenters. The van der Waals surface area contributed by atoms with Crippen molar-refractivity contribution in [2.24, 2.45) is 0 Å². The minimum absolute atomic E-state index is 0.123. The van der Waals surface area contributed by atoms with E-state index < -0.39 is 0 Å². The number of furan rings is 1. The van der Waals surface area contributed by atoms with Gasteiger partial charge in [-0.1, -0.05) is 6.92 Å². The Kier molecular flexibility index (Phi) is 5.94. The van der Waals surface area contributed by atoms with Gasteiger partial charge in [0.05, 0.1) is 13.1 Å². The Morgan fingerprint density at radius 1 is 0.964 bits per heavy atom. The van der Waals surface area contributed by atoms with E-state index in [-0.39, 0.29) is 11.7 Å². The maximum absolute atomic E-state index is 12.4. The van der Waals surface area contributed by atoms with Crippen molar-refractivity contribution in [2.45, 2.75) is 38.8 Å². The van der Waals surface area contributed by atoms with Crippen LogP contribution in [0.3, 0.4) is 0 Å². The molecule has 4 heterocycles. The SMILES string of the molecule is CCN1CCN(CCN2CC3(CCN(Cc4ccc(C)o4)CC3)OC2=O)CC1. The fourth-order valence-corrected chi connectivity index (χ4v) is 4.63. The number of hydrogen-bond acceptors (Lipinski definition) is 6. The van der Waals surface area contributed by atoms with Crippen LogP contribution in [0.5, 0.6) is 0 Å². The zero-order valence-electron chi connectivity index (χ0n) is 17.4. The summed E-state index contributed by atoms with van der Waals surface area (Å²) < 4.78 is 11.6. The van der Waals surface area contributed by atoms with E-state index in [2.05, 4.69) is 27.7 Å². The van der Waals surface area contributed by atoms with E-state index >= 15 is 0 Å². The molecule has 0 aromatic carbocycles. The van der Waals surface area contributed by atoms with Crippen molar-refractivity contribution in [2.75, 3.05) is 65.4 Å². The van der Waals surface area contributed by atoms with Gasteiger partial charge in [0.1, 0.15) is 17.1 Å². The number of carbonyl (C=O) groups excluding carboxylic acids is 1. The second-order valence-corrected chi connectivity index (χ2v) is 8.54. The van der Waals surface area contributed by atoms with E-state index in [0.29, 0.717) is 0 Å². The van der Waals surface area contributed by atoms with Crippen molar-refractivity contribution in [3.05, 3.63) is 23.7 Å². The van der Waals surface area contributed by atoms with Crippen LogP contribution in [0.4, 0.5) is 4.79 Å². The summed E-state index contributed by atoms with van der Waals surface area (Å²) in [6.07, 6.45) is 1.69. The van der Waals surface area contributed by atoms with Gasteiger partial charge in [-0.05, 0) is 25.6 Å². The van der Waals surface area contributed by atoms with Gasteiger partial charge in [0, 0.05) is 65.2 Å². The van der Waals surface area contributed by atoms with Gasteiger partial charge in [0.25, 0.3) is 0 Å². The first-order valence-electron chi connectivity index (χ1n) is 10.8. The average Bonchev–Trinajstić information content (AvgIpc) is 3.25. The largest absolute Gasteiger partial charge is 0.465 e. The fraction of sp³-hybridized carbons (Fsp3) is 0.762. The van der Waals surface area contributed by atoms with E-state index in [1.165, 1.54) is 0 Å². The number of piperidine rings is 1. The van der Waals surface area contributed by atoms with Crippen molar-refractivity contribution in [3.63, 3.8) is 0 Å². The Bertz CT molecular complexity index is 660. The third-order valence-corrected chi connectivity index (χ3v) is 6.58. The minimum atomic E-state index is -0.284. The topological polar surface area (TPSA) is 52.4 Å². The van der Waals surface area contributed by atoms with E-state index in [9.17, 15) is 4.79 Å². The number of carbonyl (C=O) groups is 1. The lowest BCUT2D eigenvalue weighted by atomic mass is 9.91. The zero-order chi connectivity index (χ0) is 19.6. The molecule has 0 aliphatic carbocycles. The molecule has 0 saturated carbocycles. The van der Waals surface area contributed by atoms with Crippen LogP contribution in [-0.2, 0) is 11.3 Å². The lowest BCUT2D eigenvalue weighted by molar-refractivity contribution is -0.00268. The quantitative estimate of drug-likeness (QED) is 0.741. The molecule has 0 bridgehead atoms. The monoisotopic (exact) mass is 390 g/mol. The summed E-state index contributed by atoms with van der Waals surface area (Å²) in [6, 6.07) is 4.07. The Morgan fingerprint density at radius 2 is 1.68 bits per heavy atom. The molecule has 4 rings (SSSR count). The fourth-order valence-electron chi connectivity index (χ4n) is 4.63. The highest BCUT2D eigenvalue weighted by Crippen LogP contribution is 2.33. The molecule has 7 nitrogen and oxygen atoms in total. The summed E-state index contributed by atoms with van der Waals surface area (Å²) >= 11 is 0. The van der Waals surface area contributed by atoms with Crippen molar-refractivity contribution in [3.8, 4) is 0 Å². The van der Waals surface area contributed by atoms with Gasteiger partial charge < -0.3 is 19.0 Å². The number of likely N-dealkylation sites (N-methyl/N-ethyl adjacent to an activating group) is 1. The predicted molar refractivity (Wildman–Crippen MR) is 107 cm³/mol. The molecule has 3 fully saturated rings. The van der Waals surface area contributed by atoms with Gasteiger partial charge in [-0.3, -0.25) is 9.80 Å². The molecule has 0 atom stereocenters. The Labute approximate surface area is 168 Å². The third kappa shape index (κ3) is 4.53. The zero-order valence-corrected chi connectivity index (χ0v) is 17.4. The van der Waals surface area contributed by atoms with Crippen LogP contribution in [0, 0.1) is 6.92 Å². The van der Waals surface area contributed by atoms with E-state index in [4.69, 9.17) is 9.15 Å². The number of nitrogens with zero attached hydrogens (tertiary/aromatic N) is 4. The lowest BCUT2D eigenvalue weighted by Gasteiger charge is -2.37. The second kappa shape index (κ2) is 8.43. The van der Waals surface area contributed by atoms with Crippen molar-refractivity contribution in [1.82, 2.24) is 19.6 Å². The van der Waals surface area contributed by atoms with Crippen molar-refractivity contribution in [1.29, 1.82) is 0 Å². The van der Waals surface area contributed by atoms with Gasteiger partial charge in [0.2, 0.25) is 0 Å². The molecule has 1 spiro atoms. The molecule has 28 heavy (non-hydrogen) atoms. The number of rotatable bonds is 6. The Balaban J connectivity index is 1.22. The molecule has 0 N–H and O–H groups in total. The van der Waals surface area contributed by atoms with E-state index in [1.807, 2.05) is 17.9 Å². The highest BCUT2D eigenvalue weighted by Gasteiger charge is 2.46. The van der Waals surface area contributed by atoms with Crippen LogP contribution < -0.4 is 0 Å². The molecule has 3 saturated heterocycles. The van der Waals surface area contributed by atoms with Crippen molar-refractivity contribution >= 4 is 6.09 Å². The van der Waals surface area contributed by atoms with Gasteiger partial charge >= 0.3 is 6.09 Å². The van der Waals surface area contributed by atoms with Gasteiger partial charge in [-0.15, -0.1) is 0 Å². The first-order chi connectivity index (χ1) is 13.5. The summed E-state index contributed by atoms with van der Waals surface area (Å²) in [7, 11) is 0. The number of piperazine rings is 1. The van der Waals surface area contributed by atoms with E-state index in [0.717, 1.165) is 96.4 Å². The number of ether oxygens (including phenoxy) is 1. The summed E-state index contributed by atoms with van der Waals surface area (Å²) in [5.41, 5.74) is -0.284. The Morgan fingerprint density at radius 3 is 2.32 bits per heavy atom. The smallest absolute Gasteiger partial charge is 0.410 e. The molecular formula is C21H34N4O3. The normalized spacial score (nSPS) is 24.2. The maximum Gasteiger partial charge on any atom is 0.410 e. The molecule has 156 valence electrons. The lowest BCUT2D eigenvalue weighted by Crippen LogP contribution is -2.49. The molecular weight excluding hydrogens is 356 g/mol. The summed E-state index contributed by atoms with van der Waals surface area (Å²) in [4.78, 5) is 21.7. The van der Waals surface area contributed by atoms with Crippen LogP contribution in [0.2, 0.25) is 0 Å². The first-order valence-corrected chi connectivity index (χ1v) is 10.8. The molecule has 7 heteroatoms. The minimum Gasteiger partial charge on any atom is -0.465 e. The summed E-state index contributed by atoms with van der Waals surface area (Å²) in [5, 5.41) is 0. The molecule has 1 aromatic rings. The molecule has 3 aliphatic rings. The van der Waals surface area contributed by atoms with Gasteiger partial charge in [-0.2, -0.15) is 0 Å². The third-order valence-electron chi connectivity index (χ3n) is 6.58. The second-order valence-electron chi connectivity index (χ2n) is 8.54. The summed E-state index contributed by atoms with van der Waals surface area (Å²) in [5.74, 6) is 1.97. The van der Waals surface area contributed by atoms with Crippen LogP contribution >= 0.6 is 0 Å². The van der Waals surface area contributed by atoms with Crippen molar-refractivity contribution < 1.29 is 13.9 Å². The van der Waals surface area contributed by atoms with Crippen LogP contribution in [-0.4, -0.2) is 96.7 Å². The van der Waals surface area contributed by atoms with E-state index in [1.54, 1.807) is 0 Å². The van der Waals surface area contributed by atoms with Crippen LogP contribution in [0.25, 0.3) is 0 Å². The number of amides is 1. The maximum atomic E-state index is 12.4. The number of likely N-dealkylation sites (tertiary alicyclic amines) is 1. The van der Waals surface area contributed by atoms with Crippen LogP contribution in [0.1, 0.15) is 31.3 Å². The average molecular weight is 391 g/mol. The van der Waals surface area contributed by atoms with Gasteiger partial charge in [-0.25, -0.2) is 4.79 Å². The van der Waals surface area contributed by atoms with Gasteiger partial charge in [0.15, 0.2) is 0 Å². The predicted octanol–water partition coefficient (Wildman–Crippen LogP) is 2.01. The number of hydrogen-bond donors (Lipinski definition) is 0. The highest BCUT2D eigenvalue weighted by molar-refractivity contribution is 5.70. The van der Waals surface area contributed by atoms with Crippen LogP contribution in [0.15, 0.2) is 16.5 Å². The first kappa shape index (κ1) is 19.7. The summed E-state index contributed by atoms with van der Waals surface area (Å²) in [6.45, 7) is 15.0. The standard InChI is InChI=1S/C21H34N4O3/c1-3-22-10-12-23(13-11-22)14-15-25-17-21(28-20(25)26)6-8-24(9-7-21)16-19-5-4-18(2)27-19/h4-5H,3,6-17H2,1-2H3. The number of aryl methyl sites for hydroxylation is 1. The highest BCUT2D eigenvalue weighted by atomic mass is 16.6. The molecule has 0 radical (unpaired) electrons.